The van der Waals surface area contributed by atoms with Gasteiger partial charge in [-0.3, -0.25) is 20.2 Å². The zero-order valence-corrected chi connectivity index (χ0v) is 10.6. The van der Waals surface area contributed by atoms with Gasteiger partial charge in [0, 0.05) is 25.7 Å². The van der Waals surface area contributed by atoms with Gasteiger partial charge in [-0.25, -0.2) is 0 Å². The van der Waals surface area contributed by atoms with Crippen LogP contribution in [0.15, 0.2) is 18.2 Å². The first-order valence-corrected chi connectivity index (χ1v) is 6.02. The molecule has 9 nitrogen and oxygen atoms in total. The van der Waals surface area contributed by atoms with Crippen molar-refractivity contribution in [1.82, 2.24) is 0 Å². The highest BCUT2D eigenvalue weighted by molar-refractivity contribution is 5.67. The van der Waals surface area contributed by atoms with Gasteiger partial charge in [0.1, 0.15) is 5.69 Å². The molecule has 2 rings (SSSR count). The van der Waals surface area contributed by atoms with Crippen molar-refractivity contribution in [2.24, 2.45) is 5.73 Å². The summed E-state index contributed by atoms with van der Waals surface area (Å²) < 4.78 is 5.40. The zero-order chi connectivity index (χ0) is 14.7. The molecule has 1 atom stereocenters. The Labute approximate surface area is 114 Å². The molecule has 2 N–H and O–H groups in total. The van der Waals surface area contributed by atoms with Crippen LogP contribution < -0.4 is 10.6 Å². The summed E-state index contributed by atoms with van der Waals surface area (Å²) in [5.74, 6) is 0. The van der Waals surface area contributed by atoms with E-state index in [0.717, 1.165) is 6.07 Å². The molecule has 1 fully saturated rings. The molecular formula is C11H14N4O5. The molecule has 0 saturated carbocycles. The number of non-ortho nitro benzene ring substituents is 1. The fourth-order valence-electron chi connectivity index (χ4n) is 2.12. The summed E-state index contributed by atoms with van der Waals surface area (Å²) in [7, 11) is 0. The van der Waals surface area contributed by atoms with Crippen LogP contribution in [0.25, 0.3) is 0 Å². The molecule has 1 heterocycles. The lowest BCUT2D eigenvalue weighted by Gasteiger charge is -2.33. The van der Waals surface area contributed by atoms with Crippen LogP contribution in [0.2, 0.25) is 0 Å². The standard InChI is InChI=1S/C11H14N4O5/c12-6-9-7-13(3-4-20-9)10-2-1-8(14(16)17)5-11(10)15(18)19/h1-2,5,9H,3-4,6-7,12H2. The molecule has 9 heteroatoms. The van der Waals surface area contributed by atoms with E-state index < -0.39 is 9.85 Å². The Morgan fingerprint density at radius 2 is 2.10 bits per heavy atom. The highest BCUT2D eigenvalue weighted by Crippen LogP contribution is 2.32. The van der Waals surface area contributed by atoms with Gasteiger partial charge < -0.3 is 15.4 Å². The first-order chi connectivity index (χ1) is 9.52. The lowest BCUT2D eigenvalue weighted by Crippen LogP contribution is -2.45. The number of benzene rings is 1. The number of hydrogen-bond donors (Lipinski definition) is 1. The van der Waals surface area contributed by atoms with Gasteiger partial charge in [0.25, 0.3) is 11.4 Å². The van der Waals surface area contributed by atoms with Crippen LogP contribution in [-0.4, -0.2) is 42.2 Å². The second kappa shape index (κ2) is 5.80. The number of rotatable bonds is 4. The lowest BCUT2D eigenvalue weighted by molar-refractivity contribution is -0.393. The largest absolute Gasteiger partial charge is 0.373 e. The normalized spacial score (nSPS) is 18.9. The van der Waals surface area contributed by atoms with Crippen molar-refractivity contribution in [3.05, 3.63) is 38.4 Å². The number of nitrogens with zero attached hydrogens (tertiary/aromatic N) is 3. The van der Waals surface area contributed by atoms with Gasteiger partial charge in [0.15, 0.2) is 0 Å². The van der Waals surface area contributed by atoms with E-state index in [9.17, 15) is 20.2 Å². The summed E-state index contributed by atoms with van der Waals surface area (Å²) in [6, 6.07) is 3.63. The smallest absolute Gasteiger partial charge is 0.299 e. The molecular weight excluding hydrogens is 268 g/mol. The number of nitro benzene ring substituents is 2. The maximum Gasteiger partial charge on any atom is 0.299 e. The Morgan fingerprint density at radius 3 is 2.70 bits per heavy atom. The molecule has 1 aliphatic rings. The Bertz CT molecular complexity index is 536. The second-order valence-electron chi connectivity index (χ2n) is 4.36. The SMILES string of the molecule is NCC1CN(c2ccc([N+](=O)[O-])cc2[N+](=O)[O-])CCO1. The van der Waals surface area contributed by atoms with E-state index in [2.05, 4.69) is 0 Å². The number of hydrogen-bond acceptors (Lipinski definition) is 7. The third kappa shape index (κ3) is 2.83. The van der Waals surface area contributed by atoms with Crippen molar-refractivity contribution >= 4 is 17.1 Å². The highest BCUT2D eigenvalue weighted by Gasteiger charge is 2.27. The van der Waals surface area contributed by atoms with E-state index in [4.69, 9.17) is 10.5 Å². The van der Waals surface area contributed by atoms with E-state index in [1.54, 1.807) is 4.90 Å². The van der Waals surface area contributed by atoms with E-state index in [1.165, 1.54) is 12.1 Å². The lowest BCUT2D eigenvalue weighted by atomic mass is 10.2. The topological polar surface area (TPSA) is 125 Å². The molecule has 1 saturated heterocycles. The summed E-state index contributed by atoms with van der Waals surface area (Å²) in [5, 5.41) is 21.8. The van der Waals surface area contributed by atoms with Crippen LogP contribution in [0.5, 0.6) is 0 Å². The van der Waals surface area contributed by atoms with Gasteiger partial charge in [0.2, 0.25) is 0 Å². The number of anilines is 1. The Morgan fingerprint density at radius 1 is 1.35 bits per heavy atom. The van der Waals surface area contributed by atoms with Crippen LogP contribution in [0.3, 0.4) is 0 Å². The summed E-state index contributed by atoms with van der Waals surface area (Å²) >= 11 is 0. The van der Waals surface area contributed by atoms with Crippen molar-refractivity contribution in [3.63, 3.8) is 0 Å². The van der Waals surface area contributed by atoms with Crippen LogP contribution in [-0.2, 0) is 4.74 Å². The van der Waals surface area contributed by atoms with E-state index in [0.29, 0.717) is 31.9 Å². The minimum atomic E-state index is -0.654. The maximum absolute atomic E-state index is 11.1. The third-order valence-electron chi connectivity index (χ3n) is 3.11. The Balaban J connectivity index is 2.35. The number of ether oxygens (including phenoxy) is 1. The van der Waals surface area contributed by atoms with Crippen molar-refractivity contribution in [2.75, 3.05) is 31.1 Å². The third-order valence-corrected chi connectivity index (χ3v) is 3.11. The highest BCUT2D eigenvalue weighted by atomic mass is 16.6. The molecule has 108 valence electrons. The van der Waals surface area contributed by atoms with Gasteiger partial charge in [-0.1, -0.05) is 0 Å². The minimum absolute atomic E-state index is 0.196. The van der Waals surface area contributed by atoms with Crippen LogP contribution in [0, 0.1) is 20.2 Å². The van der Waals surface area contributed by atoms with Crippen LogP contribution >= 0.6 is 0 Å². The minimum Gasteiger partial charge on any atom is -0.373 e. The van der Waals surface area contributed by atoms with Crippen molar-refractivity contribution in [3.8, 4) is 0 Å². The van der Waals surface area contributed by atoms with Gasteiger partial charge in [-0.2, -0.15) is 0 Å². The molecule has 0 aliphatic carbocycles. The van der Waals surface area contributed by atoms with E-state index >= 15 is 0 Å². The molecule has 1 aromatic rings. The number of morpholine rings is 1. The molecule has 0 aromatic heterocycles. The number of nitrogens with two attached hydrogens (primary N) is 1. The molecule has 20 heavy (non-hydrogen) atoms. The van der Waals surface area contributed by atoms with Crippen molar-refractivity contribution in [1.29, 1.82) is 0 Å². The first-order valence-electron chi connectivity index (χ1n) is 6.02. The Hall–Kier alpha value is -2.26. The van der Waals surface area contributed by atoms with E-state index in [1.807, 2.05) is 0 Å². The molecule has 0 bridgehead atoms. The molecule has 1 aromatic carbocycles. The summed E-state index contributed by atoms with van der Waals surface area (Å²) in [6.07, 6.45) is -0.196. The average Bonchev–Trinajstić information content (AvgIpc) is 2.46. The first kappa shape index (κ1) is 14.2. The monoisotopic (exact) mass is 282 g/mol. The fraction of sp³-hybridized carbons (Fsp3) is 0.455. The predicted molar refractivity (Wildman–Crippen MR) is 70.8 cm³/mol. The molecule has 1 aliphatic heterocycles. The molecule has 0 radical (unpaired) electrons. The summed E-state index contributed by atoms with van der Waals surface area (Å²) in [4.78, 5) is 22.3. The average molecular weight is 282 g/mol. The second-order valence-corrected chi connectivity index (χ2v) is 4.36. The van der Waals surface area contributed by atoms with E-state index in [-0.39, 0.29) is 17.5 Å². The summed E-state index contributed by atoms with van der Waals surface area (Å²) in [5.41, 5.74) is 5.30. The van der Waals surface area contributed by atoms with Gasteiger partial charge in [-0.05, 0) is 6.07 Å². The summed E-state index contributed by atoms with van der Waals surface area (Å²) in [6.45, 7) is 1.64. The quantitative estimate of drug-likeness (QED) is 0.635. The number of nitro groups is 2. The maximum atomic E-state index is 11.1. The zero-order valence-electron chi connectivity index (χ0n) is 10.6. The van der Waals surface area contributed by atoms with Crippen molar-refractivity contribution < 1.29 is 14.6 Å². The van der Waals surface area contributed by atoms with Gasteiger partial charge >= 0.3 is 0 Å². The van der Waals surface area contributed by atoms with Gasteiger partial charge in [-0.15, -0.1) is 0 Å². The molecule has 0 amide bonds. The Kier molecular flexibility index (Phi) is 4.11. The molecule has 0 spiro atoms. The predicted octanol–water partition coefficient (Wildman–Crippen LogP) is 0.667. The van der Waals surface area contributed by atoms with Crippen LogP contribution in [0.1, 0.15) is 0 Å². The fourth-order valence-corrected chi connectivity index (χ4v) is 2.12. The van der Waals surface area contributed by atoms with Crippen LogP contribution in [0.4, 0.5) is 17.1 Å². The van der Waals surface area contributed by atoms with Gasteiger partial charge in [0.05, 0.1) is 28.6 Å². The molecule has 1 unspecified atom stereocenters. The van der Waals surface area contributed by atoms with Crippen molar-refractivity contribution in [2.45, 2.75) is 6.10 Å².